The van der Waals surface area contributed by atoms with E-state index in [1.165, 1.54) is 64.2 Å². The molecule has 0 aliphatic carbocycles. The van der Waals surface area contributed by atoms with E-state index in [4.69, 9.17) is 10.8 Å². The third-order valence-electron chi connectivity index (χ3n) is 4.79. The summed E-state index contributed by atoms with van der Waals surface area (Å²) < 4.78 is 12.7. The lowest BCUT2D eigenvalue weighted by Crippen LogP contribution is -2.55. The number of nitrogens with two attached hydrogens (primary N) is 1. The van der Waals surface area contributed by atoms with Crippen molar-refractivity contribution < 1.29 is 14.6 Å². The smallest absolute Gasteiger partial charge is 0.112 e. The van der Waals surface area contributed by atoms with Gasteiger partial charge in [-0.05, 0) is 6.42 Å². The molecule has 2 unspecified atom stereocenters. The Bertz CT molecular complexity index is 248. The molecule has 4 heteroatoms. The second-order valence-electron chi connectivity index (χ2n) is 7.07. The molecule has 0 aliphatic rings. The molecular formula is C19H40FNO2. The SMILES string of the molecule is CCCCCCCCCCCCCCCC(O)C(N)(CO)CF. The average Bonchev–Trinajstić information content (AvgIpc) is 2.58. The highest BCUT2D eigenvalue weighted by atomic mass is 19.1. The fraction of sp³-hybridized carbons (Fsp3) is 1.00. The molecule has 2 atom stereocenters. The first-order chi connectivity index (χ1) is 11.1. The van der Waals surface area contributed by atoms with Gasteiger partial charge in [0.2, 0.25) is 0 Å². The molecule has 4 N–H and O–H groups in total. The molecule has 0 aromatic rings. The van der Waals surface area contributed by atoms with Crippen LogP contribution in [0.25, 0.3) is 0 Å². The first kappa shape index (κ1) is 22.8. The molecule has 0 aliphatic heterocycles. The van der Waals surface area contributed by atoms with Crippen molar-refractivity contribution in [1.82, 2.24) is 0 Å². The van der Waals surface area contributed by atoms with Crippen molar-refractivity contribution in [2.45, 2.75) is 108 Å². The molecule has 0 saturated heterocycles. The predicted octanol–water partition coefficient (Wildman–Crippen LogP) is 4.49. The Morgan fingerprint density at radius 1 is 0.826 bits per heavy atom. The van der Waals surface area contributed by atoms with Gasteiger partial charge in [-0.1, -0.05) is 90.4 Å². The minimum atomic E-state index is -1.48. The van der Waals surface area contributed by atoms with E-state index >= 15 is 0 Å². The maximum Gasteiger partial charge on any atom is 0.112 e. The van der Waals surface area contributed by atoms with Gasteiger partial charge in [0.1, 0.15) is 6.67 Å². The third-order valence-corrected chi connectivity index (χ3v) is 4.79. The van der Waals surface area contributed by atoms with Gasteiger partial charge in [0.05, 0.1) is 18.2 Å². The van der Waals surface area contributed by atoms with E-state index in [0.717, 1.165) is 19.3 Å². The largest absolute Gasteiger partial charge is 0.394 e. The van der Waals surface area contributed by atoms with E-state index in [1.807, 2.05) is 0 Å². The van der Waals surface area contributed by atoms with Gasteiger partial charge in [-0.25, -0.2) is 4.39 Å². The second-order valence-corrected chi connectivity index (χ2v) is 7.07. The van der Waals surface area contributed by atoms with Crippen LogP contribution in [0.3, 0.4) is 0 Å². The summed E-state index contributed by atoms with van der Waals surface area (Å²) in [6.07, 6.45) is 16.0. The third kappa shape index (κ3) is 11.9. The van der Waals surface area contributed by atoms with Crippen molar-refractivity contribution >= 4 is 0 Å². The van der Waals surface area contributed by atoms with Crippen LogP contribution in [0.1, 0.15) is 96.8 Å². The summed E-state index contributed by atoms with van der Waals surface area (Å²) in [6.45, 7) is 0.854. The lowest BCUT2D eigenvalue weighted by molar-refractivity contribution is 0.0214. The van der Waals surface area contributed by atoms with Crippen molar-refractivity contribution in [3.05, 3.63) is 0 Å². The van der Waals surface area contributed by atoms with E-state index in [9.17, 15) is 9.50 Å². The van der Waals surface area contributed by atoms with Crippen molar-refractivity contribution in [3.8, 4) is 0 Å². The zero-order chi connectivity index (χ0) is 17.4. The monoisotopic (exact) mass is 333 g/mol. The number of alkyl halides is 1. The van der Waals surface area contributed by atoms with Crippen molar-refractivity contribution in [2.24, 2.45) is 5.73 Å². The molecule has 23 heavy (non-hydrogen) atoms. The molecule has 0 spiro atoms. The van der Waals surface area contributed by atoms with Gasteiger partial charge in [-0.15, -0.1) is 0 Å². The molecule has 0 aromatic heterocycles. The Kier molecular flexibility index (Phi) is 15.2. The molecule has 3 nitrogen and oxygen atoms in total. The van der Waals surface area contributed by atoms with Gasteiger partial charge in [-0.2, -0.15) is 0 Å². The normalized spacial score (nSPS) is 15.5. The molecule has 0 rings (SSSR count). The van der Waals surface area contributed by atoms with Crippen LogP contribution in [0, 0.1) is 0 Å². The van der Waals surface area contributed by atoms with E-state index in [-0.39, 0.29) is 0 Å². The van der Waals surface area contributed by atoms with Crippen LogP contribution in [-0.2, 0) is 0 Å². The van der Waals surface area contributed by atoms with Gasteiger partial charge >= 0.3 is 0 Å². The zero-order valence-corrected chi connectivity index (χ0v) is 15.2. The van der Waals surface area contributed by atoms with Gasteiger partial charge in [0.15, 0.2) is 0 Å². The number of hydrogen-bond acceptors (Lipinski definition) is 3. The summed E-state index contributed by atoms with van der Waals surface area (Å²) in [4.78, 5) is 0. The van der Waals surface area contributed by atoms with Gasteiger partial charge < -0.3 is 15.9 Å². The summed E-state index contributed by atoms with van der Waals surface area (Å²) in [5, 5.41) is 18.9. The molecule has 0 saturated carbocycles. The second kappa shape index (κ2) is 15.3. The average molecular weight is 334 g/mol. The molecule has 0 aromatic carbocycles. The summed E-state index contributed by atoms with van der Waals surface area (Å²) in [5.41, 5.74) is 4.14. The highest BCUT2D eigenvalue weighted by Crippen LogP contribution is 2.17. The van der Waals surface area contributed by atoms with Crippen LogP contribution < -0.4 is 5.73 Å². The Labute approximate surface area is 142 Å². The van der Waals surface area contributed by atoms with Crippen LogP contribution in [0.2, 0.25) is 0 Å². The highest BCUT2D eigenvalue weighted by Gasteiger charge is 2.32. The topological polar surface area (TPSA) is 66.5 Å². The Morgan fingerprint density at radius 3 is 1.57 bits per heavy atom. The minimum Gasteiger partial charge on any atom is -0.394 e. The number of aliphatic hydroxyl groups is 2. The maximum absolute atomic E-state index is 12.7. The van der Waals surface area contributed by atoms with E-state index in [0.29, 0.717) is 6.42 Å². The predicted molar refractivity (Wildman–Crippen MR) is 96.3 cm³/mol. The van der Waals surface area contributed by atoms with Gasteiger partial charge in [0, 0.05) is 0 Å². The van der Waals surface area contributed by atoms with Crippen LogP contribution in [-0.4, -0.2) is 35.1 Å². The fourth-order valence-corrected chi connectivity index (χ4v) is 2.88. The Morgan fingerprint density at radius 2 is 1.22 bits per heavy atom. The Balaban J connectivity index is 3.31. The van der Waals surface area contributed by atoms with Crippen molar-refractivity contribution in [2.75, 3.05) is 13.3 Å². The molecule has 0 fully saturated rings. The standard InChI is InChI=1S/C19H40FNO2/c1-2-3-4-5-6-7-8-9-10-11-12-13-14-15-18(23)19(21,16-20)17-22/h18,22-23H,2-17,21H2,1H3. The lowest BCUT2D eigenvalue weighted by atomic mass is 9.91. The van der Waals surface area contributed by atoms with Crippen LogP contribution in [0.4, 0.5) is 4.39 Å². The van der Waals surface area contributed by atoms with Crippen LogP contribution in [0.15, 0.2) is 0 Å². The van der Waals surface area contributed by atoms with E-state index in [2.05, 4.69) is 6.92 Å². The Hall–Kier alpha value is -0.190. The van der Waals surface area contributed by atoms with E-state index < -0.39 is 24.9 Å². The molecule has 140 valence electrons. The van der Waals surface area contributed by atoms with Crippen molar-refractivity contribution in [1.29, 1.82) is 0 Å². The molecule has 0 bridgehead atoms. The highest BCUT2D eigenvalue weighted by molar-refractivity contribution is 4.90. The molecule has 0 heterocycles. The number of aliphatic hydroxyl groups excluding tert-OH is 2. The van der Waals surface area contributed by atoms with Gasteiger partial charge in [-0.3, -0.25) is 0 Å². The summed E-state index contributed by atoms with van der Waals surface area (Å²) >= 11 is 0. The quantitative estimate of drug-likeness (QED) is 0.344. The van der Waals surface area contributed by atoms with Crippen LogP contribution >= 0.6 is 0 Å². The van der Waals surface area contributed by atoms with Gasteiger partial charge in [0.25, 0.3) is 0 Å². The maximum atomic E-state index is 12.7. The van der Waals surface area contributed by atoms with Crippen molar-refractivity contribution in [3.63, 3.8) is 0 Å². The lowest BCUT2D eigenvalue weighted by Gasteiger charge is -2.29. The zero-order valence-electron chi connectivity index (χ0n) is 15.2. The molecular weight excluding hydrogens is 293 g/mol. The first-order valence-electron chi connectivity index (χ1n) is 9.74. The number of hydrogen-bond donors (Lipinski definition) is 3. The molecule has 0 amide bonds. The van der Waals surface area contributed by atoms with Crippen LogP contribution in [0.5, 0.6) is 0 Å². The minimum absolute atomic E-state index is 0.471. The fourth-order valence-electron chi connectivity index (χ4n) is 2.88. The molecule has 0 radical (unpaired) electrons. The summed E-state index contributed by atoms with van der Waals surface area (Å²) in [7, 11) is 0. The summed E-state index contributed by atoms with van der Waals surface area (Å²) in [5.74, 6) is 0. The number of unbranched alkanes of at least 4 members (excludes halogenated alkanes) is 12. The number of halogens is 1. The van der Waals surface area contributed by atoms with E-state index in [1.54, 1.807) is 0 Å². The first-order valence-corrected chi connectivity index (χ1v) is 9.74. The number of rotatable bonds is 17. The summed E-state index contributed by atoms with van der Waals surface area (Å²) in [6, 6.07) is 0.